The van der Waals surface area contributed by atoms with Gasteiger partial charge in [0.15, 0.2) is 0 Å². The smallest absolute Gasteiger partial charge is 0.334 e. The first-order chi connectivity index (χ1) is 9.82. The van der Waals surface area contributed by atoms with Crippen molar-refractivity contribution in [2.24, 2.45) is 5.73 Å². The molecule has 0 radical (unpaired) electrons. The van der Waals surface area contributed by atoms with Gasteiger partial charge in [-0.25, -0.2) is 4.39 Å². The van der Waals surface area contributed by atoms with Gasteiger partial charge >= 0.3 is 6.18 Å². The summed E-state index contributed by atoms with van der Waals surface area (Å²) in [5, 5.41) is 0. The molecule has 2 N–H and O–H groups in total. The molecule has 21 heavy (non-hydrogen) atoms. The highest BCUT2D eigenvalue weighted by Crippen LogP contribution is 2.31. The van der Waals surface area contributed by atoms with Crippen LogP contribution in [0.5, 0.6) is 0 Å². The Morgan fingerprint density at radius 2 is 2.00 bits per heavy atom. The fourth-order valence-corrected chi connectivity index (χ4v) is 2.56. The van der Waals surface area contributed by atoms with Crippen LogP contribution < -0.4 is 5.73 Å². The van der Waals surface area contributed by atoms with Crippen LogP contribution in [-0.2, 0) is 6.18 Å². The number of halogens is 4. The topological polar surface area (TPSA) is 46.3 Å². The molecule has 1 aliphatic heterocycles. The summed E-state index contributed by atoms with van der Waals surface area (Å²) < 4.78 is 51.4. The number of hydrogen-bond acceptors (Lipinski definition) is 2. The molecule has 3 nitrogen and oxygen atoms in total. The molecule has 1 aromatic rings. The van der Waals surface area contributed by atoms with Crippen LogP contribution in [0.2, 0.25) is 0 Å². The molecule has 1 saturated heterocycles. The van der Waals surface area contributed by atoms with Gasteiger partial charge in [-0.15, -0.1) is 0 Å². The molecule has 7 heteroatoms. The number of nitrogens with two attached hydrogens (primary N) is 1. The minimum Gasteiger partial charge on any atom is -0.334 e. The predicted octanol–water partition coefficient (Wildman–Crippen LogP) is 2.80. The Hall–Kier alpha value is -1.63. The van der Waals surface area contributed by atoms with Gasteiger partial charge < -0.3 is 10.6 Å². The van der Waals surface area contributed by atoms with Crippen molar-refractivity contribution in [2.45, 2.75) is 31.5 Å². The van der Waals surface area contributed by atoms with Crippen LogP contribution in [0.3, 0.4) is 0 Å². The van der Waals surface area contributed by atoms with Gasteiger partial charge in [0, 0.05) is 24.7 Å². The Balaban J connectivity index is 2.32. The summed E-state index contributed by atoms with van der Waals surface area (Å²) in [7, 11) is 0. The fraction of sp³-hybridized carbons (Fsp3) is 0.500. The van der Waals surface area contributed by atoms with E-state index in [1.165, 1.54) is 4.90 Å². The number of alkyl halides is 3. The van der Waals surface area contributed by atoms with Crippen LogP contribution in [0.4, 0.5) is 17.6 Å². The molecule has 0 saturated carbocycles. The number of hydrogen-bond donors (Lipinski definition) is 1. The van der Waals surface area contributed by atoms with Crippen molar-refractivity contribution in [3.8, 4) is 0 Å². The average molecular weight is 304 g/mol. The Labute approximate surface area is 119 Å². The van der Waals surface area contributed by atoms with Crippen LogP contribution in [-0.4, -0.2) is 29.9 Å². The molecule has 1 amide bonds. The zero-order valence-corrected chi connectivity index (χ0v) is 11.3. The molecule has 1 atom stereocenters. The molecular formula is C14H16F4N2O. The lowest BCUT2D eigenvalue weighted by atomic mass is 10.00. The zero-order valence-electron chi connectivity index (χ0n) is 11.3. The fourth-order valence-electron chi connectivity index (χ4n) is 2.56. The standard InChI is InChI=1S/C14H16F4N2O/c15-11-6-9(5-10(7-11)14(16,17)18)13(21)20-4-2-1-3-12(20)8-19/h5-7,12H,1-4,8,19H2. The van der Waals surface area contributed by atoms with Crippen molar-refractivity contribution in [3.63, 3.8) is 0 Å². The highest BCUT2D eigenvalue weighted by atomic mass is 19.4. The van der Waals surface area contributed by atoms with Crippen LogP contribution in [0.1, 0.15) is 35.2 Å². The van der Waals surface area contributed by atoms with E-state index in [4.69, 9.17) is 5.73 Å². The molecule has 0 spiro atoms. The van der Waals surface area contributed by atoms with E-state index in [9.17, 15) is 22.4 Å². The van der Waals surface area contributed by atoms with E-state index in [-0.39, 0.29) is 18.2 Å². The van der Waals surface area contributed by atoms with Gasteiger partial charge in [-0.2, -0.15) is 13.2 Å². The highest BCUT2D eigenvalue weighted by molar-refractivity contribution is 5.94. The molecule has 0 bridgehead atoms. The Kier molecular flexibility index (Phi) is 4.51. The van der Waals surface area contributed by atoms with E-state index in [0.29, 0.717) is 25.1 Å². The third-order valence-electron chi connectivity index (χ3n) is 3.63. The van der Waals surface area contributed by atoms with Gasteiger partial charge in [-0.05, 0) is 37.5 Å². The average Bonchev–Trinajstić information content (AvgIpc) is 2.45. The van der Waals surface area contributed by atoms with E-state index in [2.05, 4.69) is 0 Å². The Bertz CT molecular complexity index is 530. The van der Waals surface area contributed by atoms with Crippen molar-refractivity contribution < 1.29 is 22.4 Å². The van der Waals surface area contributed by atoms with Crippen LogP contribution in [0.25, 0.3) is 0 Å². The lowest BCUT2D eigenvalue weighted by Crippen LogP contribution is -2.47. The highest BCUT2D eigenvalue weighted by Gasteiger charge is 2.33. The largest absolute Gasteiger partial charge is 0.416 e. The first-order valence-electron chi connectivity index (χ1n) is 6.71. The summed E-state index contributed by atoms with van der Waals surface area (Å²) in [5.74, 6) is -1.68. The maximum atomic E-state index is 13.4. The van der Waals surface area contributed by atoms with Gasteiger partial charge in [0.2, 0.25) is 0 Å². The van der Waals surface area contributed by atoms with E-state index in [0.717, 1.165) is 18.9 Å². The normalized spacial score (nSPS) is 19.7. The third kappa shape index (κ3) is 3.53. The molecule has 1 heterocycles. The maximum absolute atomic E-state index is 13.4. The SMILES string of the molecule is NCC1CCCCN1C(=O)c1cc(F)cc(C(F)(F)F)c1. The lowest BCUT2D eigenvalue weighted by Gasteiger charge is -2.35. The number of carbonyl (C=O) groups excluding carboxylic acids is 1. The molecule has 2 rings (SSSR count). The van der Waals surface area contributed by atoms with Gasteiger partial charge in [-0.3, -0.25) is 4.79 Å². The quantitative estimate of drug-likeness (QED) is 0.854. The van der Waals surface area contributed by atoms with Crippen molar-refractivity contribution >= 4 is 5.91 Å². The first-order valence-corrected chi connectivity index (χ1v) is 6.71. The molecule has 1 unspecified atom stereocenters. The molecule has 0 aliphatic carbocycles. The van der Waals surface area contributed by atoms with E-state index in [1.807, 2.05) is 0 Å². The van der Waals surface area contributed by atoms with Crippen molar-refractivity contribution in [1.82, 2.24) is 4.90 Å². The minimum atomic E-state index is -4.69. The predicted molar refractivity (Wildman–Crippen MR) is 69.1 cm³/mol. The van der Waals surface area contributed by atoms with Gasteiger partial charge in [0.25, 0.3) is 5.91 Å². The minimum absolute atomic E-state index is 0.205. The summed E-state index contributed by atoms with van der Waals surface area (Å²) in [6.07, 6.45) is -2.29. The maximum Gasteiger partial charge on any atom is 0.416 e. The second-order valence-corrected chi connectivity index (χ2v) is 5.11. The van der Waals surface area contributed by atoms with Crippen LogP contribution in [0, 0.1) is 5.82 Å². The summed E-state index contributed by atoms with van der Waals surface area (Å²) in [6.45, 7) is 0.672. The second kappa shape index (κ2) is 6.01. The molecule has 116 valence electrons. The van der Waals surface area contributed by atoms with Crippen molar-refractivity contribution in [2.75, 3.05) is 13.1 Å². The molecule has 0 aromatic heterocycles. The molecule has 1 aliphatic rings. The molecular weight excluding hydrogens is 288 g/mol. The van der Waals surface area contributed by atoms with Crippen LogP contribution >= 0.6 is 0 Å². The van der Waals surface area contributed by atoms with E-state index >= 15 is 0 Å². The summed E-state index contributed by atoms with van der Waals surface area (Å²) >= 11 is 0. The first kappa shape index (κ1) is 15.8. The van der Waals surface area contributed by atoms with Crippen LogP contribution in [0.15, 0.2) is 18.2 Å². The second-order valence-electron chi connectivity index (χ2n) is 5.11. The van der Waals surface area contributed by atoms with Crippen molar-refractivity contribution in [3.05, 3.63) is 35.1 Å². The number of rotatable bonds is 2. The number of nitrogens with zero attached hydrogens (tertiary/aromatic N) is 1. The monoisotopic (exact) mass is 304 g/mol. The number of carbonyl (C=O) groups is 1. The Morgan fingerprint density at radius 1 is 1.29 bits per heavy atom. The summed E-state index contributed by atoms with van der Waals surface area (Å²) in [4.78, 5) is 13.8. The number of benzene rings is 1. The molecule has 1 fully saturated rings. The van der Waals surface area contributed by atoms with Gasteiger partial charge in [0.1, 0.15) is 5.82 Å². The Morgan fingerprint density at radius 3 is 2.62 bits per heavy atom. The number of likely N-dealkylation sites (tertiary alicyclic amines) is 1. The third-order valence-corrected chi connectivity index (χ3v) is 3.63. The lowest BCUT2D eigenvalue weighted by molar-refractivity contribution is -0.137. The number of piperidine rings is 1. The number of amides is 1. The van der Waals surface area contributed by atoms with E-state index in [1.54, 1.807) is 0 Å². The molecule has 1 aromatic carbocycles. The summed E-state index contributed by atoms with van der Waals surface area (Å²) in [6, 6.07) is 1.70. The zero-order chi connectivity index (χ0) is 15.6. The summed E-state index contributed by atoms with van der Waals surface area (Å²) in [5.41, 5.74) is 4.14. The van der Waals surface area contributed by atoms with Crippen molar-refractivity contribution in [1.29, 1.82) is 0 Å². The van der Waals surface area contributed by atoms with Gasteiger partial charge in [0.05, 0.1) is 5.56 Å². The van der Waals surface area contributed by atoms with E-state index < -0.39 is 23.5 Å². The van der Waals surface area contributed by atoms with Gasteiger partial charge in [-0.1, -0.05) is 0 Å².